The standard InChI is InChI=1S/C17H15FN6/c1-24-14-7-11(4-5-12(14)15(23-24)9-2-3-9)20-17-16-13(21-22-17)6-10(18)8-19-16/h4-9H,2-3H2,1H3,(H2,20,21,22). The molecule has 4 aromatic rings. The molecule has 0 radical (unpaired) electrons. The summed E-state index contributed by atoms with van der Waals surface area (Å²) < 4.78 is 15.1. The lowest BCUT2D eigenvalue weighted by Crippen LogP contribution is -1.94. The second-order valence-electron chi connectivity index (χ2n) is 6.26. The Balaban J connectivity index is 1.55. The van der Waals surface area contributed by atoms with Gasteiger partial charge in [0.25, 0.3) is 0 Å². The van der Waals surface area contributed by atoms with Crippen molar-refractivity contribution in [1.82, 2.24) is 25.0 Å². The highest BCUT2D eigenvalue weighted by molar-refractivity contribution is 5.90. The molecule has 0 aliphatic heterocycles. The largest absolute Gasteiger partial charge is 0.337 e. The minimum Gasteiger partial charge on any atom is -0.337 e. The van der Waals surface area contributed by atoms with Gasteiger partial charge in [0.1, 0.15) is 11.3 Å². The van der Waals surface area contributed by atoms with E-state index in [1.165, 1.54) is 36.2 Å². The van der Waals surface area contributed by atoms with Crippen LogP contribution in [0, 0.1) is 5.82 Å². The van der Waals surface area contributed by atoms with E-state index in [0.29, 0.717) is 22.8 Å². The van der Waals surface area contributed by atoms with Crippen LogP contribution in [0.15, 0.2) is 30.5 Å². The molecule has 1 aliphatic rings. The average molecular weight is 322 g/mol. The fourth-order valence-corrected chi connectivity index (χ4v) is 3.13. The predicted molar refractivity (Wildman–Crippen MR) is 89.8 cm³/mol. The smallest absolute Gasteiger partial charge is 0.178 e. The molecule has 24 heavy (non-hydrogen) atoms. The highest BCUT2D eigenvalue weighted by Gasteiger charge is 2.28. The highest BCUT2D eigenvalue weighted by Crippen LogP contribution is 2.42. The maximum Gasteiger partial charge on any atom is 0.178 e. The molecule has 1 fully saturated rings. The van der Waals surface area contributed by atoms with E-state index in [-0.39, 0.29) is 5.82 Å². The van der Waals surface area contributed by atoms with E-state index >= 15 is 0 Å². The summed E-state index contributed by atoms with van der Waals surface area (Å²) in [5.41, 5.74) is 4.35. The number of fused-ring (bicyclic) bond motifs is 2. The molecule has 6 nitrogen and oxygen atoms in total. The molecular weight excluding hydrogens is 307 g/mol. The third-order valence-electron chi connectivity index (χ3n) is 4.47. The summed E-state index contributed by atoms with van der Waals surface area (Å²) in [5.74, 6) is 0.803. The van der Waals surface area contributed by atoms with Gasteiger partial charge < -0.3 is 5.32 Å². The molecule has 1 aromatic carbocycles. The second kappa shape index (κ2) is 4.77. The molecule has 3 heterocycles. The van der Waals surface area contributed by atoms with Gasteiger partial charge in [-0.3, -0.25) is 9.78 Å². The minimum atomic E-state index is -0.387. The van der Waals surface area contributed by atoms with Crippen molar-refractivity contribution >= 4 is 33.4 Å². The number of benzene rings is 1. The first-order valence-corrected chi connectivity index (χ1v) is 7.92. The van der Waals surface area contributed by atoms with Gasteiger partial charge in [-0.15, -0.1) is 0 Å². The Morgan fingerprint density at radius 2 is 2.17 bits per heavy atom. The number of anilines is 2. The van der Waals surface area contributed by atoms with Crippen molar-refractivity contribution in [1.29, 1.82) is 0 Å². The second-order valence-corrected chi connectivity index (χ2v) is 6.26. The van der Waals surface area contributed by atoms with Gasteiger partial charge in [-0.2, -0.15) is 10.2 Å². The van der Waals surface area contributed by atoms with Crippen LogP contribution in [0.5, 0.6) is 0 Å². The molecule has 0 spiro atoms. The minimum absolute atomic E-state index is 0.387. The molecule has 5 rings (SSSR count). The van der Waals surface area contributed by atoms with Crippen molar-refractivity contribution in [2.75, 3.05) is 5.32 Å². The zero-order chi connectivity index (χ0) is 16.3. The van der Waals surface area contributed by atoms with Crippen molar-refractivity contribution in [3.8, 4) is 0 Å². The van der Waals surface area contributed by atoms with E-state index in [9.17, 15) is 4.39 Å². The third-order valence-corrected chi connectivity index (χ3v) is 4.47. The molecule has 0 saturated heterocycles. The first-order chi connectivity index (χ1) is 11.7. The zero-order valence-corrected chi connectivity index (χ0v) is 13.0. The van der Waals surface area contributed by atoms with Gasteiger partial charge in [0.15, 0.2) is 5.82 Å². The van der Waals surface area contributed by atoms with Crippen LogP contribution < -0.4 is 5.32 Å². The summed E-state index contributed by atoms with van der Waals surface area (Å²) in [6.07, 6.45) is 3.65. The third kappa shape index (κ3) is 2.05. The highest BCUT2D eigenvalue weighted by atomic mass is 19.1. The Morgan fingerprint density at radius 3 is 3.00 bits per heavy atom. The van der Waals surface area contributed by atoms with Gasteiger partial charge in [0.2, 0.25) is 0 Å². The molecule has 0 atom stereocenters. The van der Waals surface area contributed by atoms with Gasteiger partial charge in [0.05, 0.1) is 22.9 Å². The van der Waals surface area contributed by atoms with E-state index in [2.05, 4.69) is 37.7 Å². The fraction of sp³-hybridized carbons (Fsp3) is 0.235. The number of hydrogen-bond donors (Lipinski definition) is 2. The summed E-state index contributed by atoms with van der Waals surface area (Å²) in [6.45, 7) is 0. The number of nitrogens with one attached hydrogen (secondary N) is 2. The number of halogens is 1. The predicted octanol–water partition coefficient (Wildman–Crippen LogP) is 3.60. The fourth-order valence-electron chi connectivity index (χ4n) is 3.13. The molecule has 7 heteroatoms. The quantitative estimate of drug-likeness (QED) is 0.604. The Kier molecular flexibility index (Phi) is 2.68. The van der Waals surface area contributed by atoms with Crippen molar-refractivity contribution in [2.45, 2.75) is 18.8 Å². The summed E-state index contributed by atoms with van der Waals surface area (Å²) in [6, 6.07) is 7.55. The van der Waals surface area contributed by atoms with Crippen LogP contribution in [0.1, 0.15) is 24.5 Å². The van der Waals surface area contributed by atoms with Crippen molar-refractivity contribution in [3.05, 3.63) is 42.0 Å². The van der Waals surface area contributed by atoms with Gasteiger partial charge in [0, 0.05) is 30.1 Å². The van der Waals surface area contributed by atoms with Crippen LogP contribution in [0.3, 0.4) is 0 Å². The summed E-state index contributed by atoms with van der Waals surface area (Å²) in [4.78, 5) is 4.10. The Morgan fingerprint density at radius 1 is 1.29 bits per heavy atom. The number of aromatic amines is 1. The van der Waals surface area contributed by atoms with E-state index in [0.717, 1.165) is 11.2 Å². The number of rotatable bonds is 3. The van der Waals surface area contributed by atoms with E-state index < -0.39 is 0 Å². The summed E-state index contributed by atoms with van der Waals surface area (Å²) in [5, 5.41) is 16.1. The van der Waals surface area contributed by atoms with Crippen LogP contribution in [-0.4, -0.2) is 25.0 Å². The number of aromatic nitrogens is 5. The number of hydrogen-bond acceptors (Lipinski definition) is 4. The van der Waals surface area contributed by atoms with E-state index in [1.807, 2.05) is 17.8 Å². The Hall–Kier alpha value is -2.96. The molecular formula is C17H15FN6. The first-order valence-electron chi connectivity index (χ1n) is 7.92. The first kappa shape index (κ1) is 13.5. The van der Waals surface area contributed by atoms with Gasteiger partial charge in [-0.1, -0.05) is 0 Å². The molecule has 0 unspecified atom stereocenters. The Labute approximate surface area is 136 Å². The normalized spacial score (nSPS) is 14.6. The molecule has 0 bridgehead atoms. The van der Waals surface area contributed by atoms with E-state index in [1.54, 1.807) is 0 Å². The molecule has 1 aliphatic carbocycles. The van der Waals surface area contributed by atoms with Crippen LogP contribution in [-0.2, 0) is 7.05 Å². The van der Waals surface area contributed by atoms with Crippen LogP contribution in [0.4, 0.5) is 15.9 Å². The lowest BCUT2D eigenvalue weighted by atomic mass is 10.1. The lowest BCUT2D eigenvalue weighted by Gasteiger charge is -2.04. The zero-order valence-electron chi connectivity index (χ0n) is 13.0. The van der Waals surface area contributed by atoms with Crippen molar-refractivity contribution < 1.29 is 4.39 Å². The number of nitrogens with zero attached hydrogens (tertiary/aromatic N) is 4. The average Bonchev–Trinajstić information content (AvgIpc) is 3.28. The van der Waals surface area contributed by atoms with Gasteiger partial charge in [-0.25, -0.2) is 9.37 Å². The van der Waals surface area contributed by atoms with Gasteiger partial charge in [-0.05, 0) is 31.0 Å². The maximum absolute atomic E-state index is 13.2. The van der Waals surface area contributed by atoms with E-state index in [4.69, 9.17) is 0 Å². The van der Waals surface area contributed by atoms with Crippen LogP contribution >= 0.6 is 0 Å². The number of aryl methyl sites for hydroxylation is 1. The molecule has 2 N–H and O–H groups in total. The summed E-state index contributed by atoms with van der Waals surface area (Å²) in [7, 11) is 1.96. The van der Waals surface area contributed by atoms with Crippen molar-refractivity contribution in [3.63, 3.8) is 0 Å². The van der Waals surface area contributed by atoms with Crippen molar-refractivity contribution in [2.24, 2.45) is 7.05 Å². The van der Waals surface area contributed by atoms with Gasteiger partial charge >= 0.3 is 0 Å². The van der Waals surface area contributed by atoms with Crippen LogP contribution in [0.25, 0.3) is 21.9 Å². The molecule has 3 aromatic heterocycles. The maximum atomic E-state index is 13.2. The summed E-state index contributed by atoms with van der Waals surface area (Å²) >= 11 is 0. The SMILES string of the molecule is Cn1nc(C2CC2)c2ccc(Nc3n[nH]c4cc(F)cnc34)cc21. The molecule has 1 saturated carbocycles. The molecule has 120 valence electrons. The Bertz CT molecular complexity index is 1080. The monoisotopic (exact) mass is 322 g/mol. The number of pyridine rings is 1. The van der Waals surface area contributed by atoms with Crippen LogP contribution in [0.2, 0.25) is 0 Å². The lowest BCUT2D eigenvalue weighted by molar-refractivity contribution is 0.624. The molecule has 0 amide bonds. The number of H-pyrrole nitrogens is 1. The topological polar surface area (TPSA) is 71.4 Å².